The Morgan fingerprint density at radius 3 is 2.47 bits per heavy atom. The van der Waals surface area contributed by atoms with Crippen LogP contribution in [0.2, 0.25) is 5.02 Å². The minimum absolute atomic E-state index is 0.108. The second kappa shape index (κ2) is 11.0. The Morgan fingerprint density at radius 2 is 1.81 bits per heavy atom. The number of nitrogens with one attached hydrogen (secondary N) is 3. The van der Waals surface area contributed by atoms with Gasteiger partial charge in [0.1, 0.15) is 9.92 Å². The van der Waals surface area contributed by atoms with Gasteiger partial charge in [-0.2, -0.15) is 4.98 Å². The largest absolute Gasteiger partial charge is 0.370 e. The molecule has 192 valence electrons. The van der Waals surface area contributed by atoms with Gasteiger partial charge in [0.05, 0.1) is 11.9 Å². The van der Waals surface area contributed by atoms with Crippen molar-refractivity contribution in [2.75, 3.05) is 42.7 Å². The lowest BCUT2D eigenvalue weighted by atomic mass is 10.2. The molecular formula is C25H32ClN7O2S. The molecule has 2 aromatic carbocycles. The monoisotopic (exact) mass is 529 g/mol. The van der Waals surface area contributed by atoms with Crippen LogP contribution in [0.15, 0.2) is 59.6 Å². The maximum absolute atomic E-state index is 12.8. The Balaban J connectivity index is 1.50. The molecular weight excluding hydrogens is 498 g/mol. The van der Waals surface area contributed by atoms with E-state index < -0.39 is 10.0 Å². The molecule has 36 heavy (non-hydrogen) atoms. The van der Waals surface area contributed by atoms with E-state index in [1.165, 1.54) is 18.0 Å². The molecule has 1 aliphatic rings. The van der Waals surface area contributed by atoms with Crippen molar-refractivity contribution in [1.82, 2.24) is 19.6 Å². The Bertz CT molecular complexity index is 1300. The van der Waals surface area contributed by atoms with Crippen LogP contribution in [-0.2, 0) is 10.0 Å². The van der Waals surface area contributed by atoms with E-state index in [4.69, 9.17) is 11.6 Å². The molecule has 1 saturated heterocycles. The molecule has 1 atom stereocenters. The van der Waals surface area contributed by atoms with Crippen molar-refractivity contribution in [3.05, 3.63) is 59.8 Å². The number of hydrogen-bond donors (Lipinski definition) is 3. The van der Waals surface area contributed by atoms with Crippen LogP contribution in [0.1, 0.15) is 20.3 Å². The van der Waals surface area contributed by atoms with E-state index in [0.717, 1.165) is 25.2 Å². The standard InChI is InChI=1S/C25H32ClN7O2S/c1-17(2)31-36(34,35)23-8-6-5-7-22(23)29-24-21(26)15-27-25(30-24)28-18-9-11-19(12-10-18)33-14-13-20(16-33)32(3)4/h5-12,15,17,20,31H,13-14,16H2,1-4H3,(H2,27,28,29,30)/t20-/m0/s1. The number of para-hydroxylation sites is 1. The summed E-state index contributed by atoms with van der Waals surface area (Å²) in [5.74, 6) is 0.633. The fraction of sp³-hybridized carbons (Fsp3) is 0.360. The van der Waals surface area contributed by atoms with Gasteiger partial charge in [-0.15, -0.1) is 0 Å². The second-order valence-electron chi connectivity index (χ2n) is 9.31. The van der Waals surface area contributed by atoms with Crippen molar-refractivity contribution >= 4 is 50.5 Å². The van der Waals surface area contributed by atoms with Crippen LogP contribution in [0.25, 0.3) is 0 Å². The number of anilines is 5. The summed E-state index contributed by atoms with van der Waals surface area (Å²) in [5, 5.41) is 6.52. The van der Waals surface area contributed by atoms with E-state index >= 15 is 0 Å². The van der Waals surface area contributed by atoms with Crippen LogP contribution in [0.3, 0.4) is 0 Å². The number of sulfonamides is 1. The summed E-state index contributed by atoms with van der Waals surface area (Å²) in [5.41, 5.74) is 2.37. The van der Waals surface area contributed by atoms with Gasteiger partial charge in [0.15, 0.2) is 5.82 Å². The SMILES string of the molecule is CC(C)NS(=O)(=O)c1ccccc1Nc1nc(Nc2ccc(N3CC[C@H](N(C)C)C3)cc2)ncc1Cl. The van der Waals surface area contributed by atoms with E-state index in [1.807, 2.05) is 12.1 Å². The third kappa shape index (κ3) is 6.25. The highest BCUT2D eigenvalue weighted by Gasteiger charge is 2.24. The minimum Gasteiger partial charge on any atom is -0.370 e. The summed E-state index contributed by atoms with van der Waals surface area (Å²) in [6, 6.07) is 15.1. The van der Waals surface area contributed by atoms with Crippen molar-refractivity contribution < 1.29 is 8.42 Å². The van der Waals surface area contributed by atoms with E-state index in [9.17, 15) is 8.42 Å². The van der Waals surface area contributed by atoms with Crippen molar-refractivity contribution in [3.63, 3.8) is 0 Å². The first-order valence-corrected chi connectivity index (χ1v) is 13.7. The average Bonchev–Trinajstić information content (AvgIpc) is 3.32. The molecule has 0 saturated carbocycles. The molecule has 11 heteroatoms. The molecule has 0 amide bonds. The molecule has 4 rings (SSSR count). The maximum Gasteiger partial charge on any atom is 0.242 e. The van der Waals surface area contributed by atoms with Crippen LogP contribution in [0.5, 0.6) is 0 Å². The number of nitrogens with zero attached hydrogens (tertiary/aromatic N) is 4. The molecule has 0 bridgehead atoms. The maximum atomic E-state index is 12.8. The second-order valence-corrected chi connectivity index (χ2v) is 11.4. The van der Waals surface area contributed by atoms with Gasteiger partial charge in [-0.25, -0.2) is 18.1 Å². The molecule has 0 unspecified atom stereocenters. The van der Waals surface area contributed by atoms with Gasteiger partial charge >= 0.3 is 0 Å². The first kappa shape index (κ1) is 26.2. The van der Waals surface area contributed by atoms with Gasteiger partial charge in [-0.05, 0) is 70.8 Å². The van der Waals surface area contributed by atoms with E-state index in [0.29, 0.717) is 23.5 Å². The smallest absolute Gasteiger partial charge is 0.242 e. The molecule has 9 nitrogen and oxygen atoms in total. The normalized spacial score (nSPS) is 16.1. The number of aromatic nitrogens is 2. The highest BCUT2D eigenvalue weighted by molar-refractivity contribution is 7.89. The van der Waals surface area contributed by atoms with Gasteiger partial charge < -0.3 is 20.4 Å². The summed E-state index contributed by atoms with van der Waals surface area (Å²) in [6.45, 7) is 5.59. The van der Waals surface area contributed by atoms with Gasteiger partial charge in [0, 0.05) is 36.5 Å². The Morgan fingerprint density at radius 1 is 1.08 bits per heavy atom. The number of halogens is 1. The third-order valence-corrected chi connectivity index (χ3v) is 7.94. The van der Waals surface area contributed by atoms with Crippen LogP contribution < -0.4 is 20.3 Å². The molecule has 0 spiro atoms. The molecule has 0 radical (unpaired) electrons. The highest BCUT2D eigenvalue weighted by atomic mass is 35.5. The van der Waals surface area contributed by atoms with Crippen molar-refractivity contribution in [3.8, 4) is 0 Å². The van der Waals surface area contributed by atoms with Crippen molar-refractivity contribution in [1.29, 1.82) is 0 Å². The average molecular weight is 530 g/mol. The molecule has 3 N–H and O–H groups in total. The van der Waals surface area contributed by atoms with Gasteiger partial charge in [-0.3, -0.25) is 0 Å². The molecule has 1 fully saturated rings. The molecule has 0 aliphatic carbocycles. The quantitative estimate of drug-likeness (QED) is 0.374. The lowest BCUT2D eigenvalue weighted by Crippen LogP contribution is -2.31. The number of rotatable bonds is 9. The Kier molecular flexibility index (Phi) is 7.99. The fourth-order valence-corrected chi connectivity index (χ4v) is 5.66. The first-order chi connectivity index (χ1) is 17.1. The Hall–Kier alpha value is -2.92. The molecule has 1 aliphatic heterocycles. The number of hydrogen-bond acceptors (Lipinski definition) is 8. The number of benzene rings is 2. The van der Waals surface area contributed by atoms with E-state index in [1.54, 1.807) is 32.0 Å². The molecule has 3 aromatic rings. The predicted molar refractivity (Wildman–Crippen MR) is 146 cm³/mol. The zero-order valence-electron chi connectivity index (χ0n) is 20.9. The highest BCUT2D eigenvalue weighted by Crippen LogP contribution is 2.29. The summed E-state index contributed by atoms with van der Waals surface area (Å²) in [6.07, 6.45) is 2.63. The molecule has 2 heterocycles. The van der Waals surface area contributed by atoms with E-state index in [2.05, 4.69) is 61.4 Å². The number of likely N-dealkylation sites (N-methyl/N-ethyl adjacent to an activating group) is 1. The van der Waals surface area contributed by atoms with Crippen LogP contribution in [0.4, 0.5) is 28.8 Å². The van der Waals surface area contributed by atoms with Crippen molar-refractivity contribution in [2.24, 2.45) is 0 Å². The predicted octanol–water partition coefficient (Wildman–Crippen LogP) is 4.44. The summed E-state index contributed by atoms with van der Waals surface area (Å²) < 4.78 is 28.2. The van der Waals surface area contributed by atoms with Gasteiger partial charge in [-0.1, -0.05) is 23.7 Å². The fourth-order valence-electron chi connectivity index (χ4n) is 4.10. The topological polar surface area (TPSA) is 102 Å². The lowest BCUT2D eigenvalue weighted by molar-refractivity contribution is 0.315. The van der Waals surface area contributed by atoms with Crippen LogP contribution in [-0.4, -0.2) is 62.6 Å². The van der Waals surface area contributed by atoms with Crippen LogP contribution >= 0.6 is 11.6 Å². The summed E-state index contributed by atoms with van der Waals surface area (Å²) >= 11 is 6.34. The molecule has 1 aromatic heterocycles. The van der Waals surface area contributed by atoms with Crippen LogP contribution in [0, 0.1) is 0 Å². The zero-order chi connectivity index (χ0) is 25.9. The van der Waals surface area contributed by atoms with E-state index in [-0.39, 0.29) is 16.0 Å². The lowest BCUT2D eigenvalue weighted by Gasteiger charge is -2.22. The summed E-state index contributed by atoms with van der Waals surface area (Å²) in [7, 11) is 0.520. The van der Waals surface area contributed by atoms with Gasteiger partial charge in [0.25, 0.3) is 0 Å². The summed E-state index contributed by atoms with van der Waals surface area (Å²) in [4.78, 5) is 13.5. The third-order valence-electron chi connectivity index (χ3n) is 5.95. The zero-order valence-corrected chi connectivity index (χ0v) is 22.4. The van der Waals surface area contributed by atoms with Crippen molar-refractivity contribution in [2.45, 2.75) is 37.2 Å². The van der Waals surface area contributed by atoms with Gasteiger partial charge in [0.2, 0.25) is 16.0 Å². The minimum atomic E-state index is -3.72. The first-order valence-electron chi connectivity index (χ1n) is 11.8. The Labute approximate surface area is 217 Å².